The Labute approximate surface area is 82.3 Å². The van der Waals surface area contributed by atoms with Gasteiger partial charge in [-0.1, -0.05) is 23.5 Å². The molecule has 1 aromatic heterocycles. The lowest BCUT2D eigenvalue weighted by molar-refractivity contribution is 0.412. The van der Waals surface area contributed by atoms with E-state index in [1.807, 2.05) is 6.20 Å². The van der Waals surface area contributed by atoms with Crippen molar-refractivity contribution in [2.45, 2.75) is 19.3 Å². The second kappa shape index (κ2) is 3.92. The Morgan fingerprint density at radius 2 is 2.31 bits per heavy atom. The van der Waals surface area contributed by atoms with Crippen LogP contribution in [0.25, 0.3) is 0 Å². The van der Waals surface area contributed by atoms with Gasteiger partial charge in [0.05, 0.1) is 7.11 Å². The van der Waals surface area contributed by atoms with Crippen molar-refractivity contribution in [2.24, 2.45) is 5.92 Å². The van der Waals surface area contributed by atoms with Gasteiger partial charge in [0, 0.05) is 11.1 Å². The normalized spacial score (nSPS) is 16.7. The van der Waals surface area contributed by atoms with E-state index in [9.17, 15) is 0 Å². The SMILES string of the molecule is COc1ncc(CC2CC=CC2)s1. The number of ether oxygens (including phenoxy) is 1. The fourth-order valence-electron chi connectivity index (χ4n) is 1.60. The summed E-state index contributed by atoms with van der Waals surface area (Å²) >= 11 is 1.66. The Hall–Kier alpha value is -0.830. The van der Waals surface area contributed by atoms with Gasteiger partial charge in [0.2, 0.25) is 0 Å². The lowest BCUT2D eigenvalue weighted by Gasteiger charge is -2.04. The van der Waals surface area contributed by atoms with Gasteiger partial charge >= 0.3 is 0 Å². The summed E-state index contributed by atoms with van der Waals surface area (Å²) < 4.78 is 5.05. The molecule has 1 heterocycles. The maximum atomic E-state index is 5.05. The summed E-state index contributed by atoms with van der Waals surface area (Å²) in [5.41, 5.74) is 0. The molecular formula is C10H13NOS. The zero-order chi connectivity index (χ0) is 9.10. The van der Waals surface area contributed by atoms with Crippen molar-refractivity contribution in [3.63, 3.8) is 0 Å². The predicted molar refractivity (Wildman–Crippen MR) is 54.2 cm³/mol. The molecular weight excluding hydrogens is 182 g/mol. The highest BCUT2D eigenvalue weighted by atomic mass is 32.1. The van der Waals surface area contributed by atoms with Crippen molar-refractivity contribution >= 4 is 11.3 Å². The number of methoxy groups -OCH3 is 1. The summed E-state index contributed by atoms with van der Waals surface area (Å²) in [6, 6.07) is 0. The highest BCUT2D eigenvalue weighted by Crippen LogP contribution is 2.27. The molecule has 1 aliphatic rings. The smallest absolute Gasteiger partial charge is 0.273 e. The van der Waals surface area contributed by atoms with E-state index in [-0.39, 0.29) is 0 Å². The molecule has 0 saturated carbocycles. The van der Waals surface area contributed by atoms with E-state index < -0.39 is 0 Å². The number of aromatic nitrogens is 1. The molecule has 70 valence electrons. The molecule has 3 heteroatoms. The molecule has 0 aromatic carbocycles. The first-order valence-electron chi connectivity index (χ1n) is 4.52. The van der Waals surface area contributed by atoms with Gasteiger partial charge in [0.1, 0.15) is 0 Å². The van der Waals surface area contributed by atoms with Crippen molar-refractivity contribution in [1.29, 1.82) is 0 Å². The fraction of sp³-hybridized carbons (Fsp3) is 0.500. The van der Waals surface area contributed by atoms with Crippen LogP contribution in [0.15, 0.2) is 18.3 Å². The highest BCUT2D eigenvalue weighted by molar-refractivity contribution is 7.13. The van der Waals surface area contributed by atoms with Gasteiger partial charge in [0.15, 0.2) is 0 Å². The molecule has 0 saturated heterocycles. The monoisotopic (exact) mass is 195 g/mol. The van der Waals surface area contributed by atoms with E-state index in [2.05, 4.69) is 17.1 Å². The van der Waals surface area contributed by atoms with Gasteiger partial charge in [-0.25, -0.2) is 4.98 Å². The van der Waals surface area contributed by atoms with Crippen LogP contribution < -0.4 is 4.74 Å². The first-order valence-corrected chi connectivity index (χ1v) is 5.34. The van der Waals surface area contributed by atoms with Gasteiger partial charge in [-0.15, -0.1) is 0 Å². The third-order valence-corrected chi connectivity index (χ3v) is 3.28. The van der Waals surface area contributed by atoms with Crippen LogP contribution in [0, 0.1) is 5.92 Å². The van der Waals surface area contributed by atoms with Crippen LogP contribution in [0.2, 0.25) is 0 Å². The topological polar surface area (TPSA) is 22.1 Å². The largest absolute Gasteiger partial charge is 0.473 e. The third kappa shape index (κ3) is 2.10. The maximum Gasteiger partial charge on any atom is 0.273 e. The zero-order valence-electron chi connectivity index (χ0n) is 7.69. The van der Waals surface area contributed by atoms with Gasteiger partial charge < -0.3 is 4.74 Å². The van der Waals surface area contributed by atoms with Crippen molar-refractivity contribution in [1.82, 2.24) is 4.98 Å². The third-order valence-electron chi connectivity index (χ3n) is 2.30. The molecule has 0 atom stereocenters. The molecule has 0 amide bonds. The Morgan fingerprint density at radius 1 is 1.54 bits per heavy atom. The summed E-state index contributed by atoms with van der Waals surface area (Å²) in [4.78, 5) is 5.49. The van der Waals surface area contributed by atoms with Crippen LogP contribution in [0.3, 0.4) is 0 Å². The molecule has 1 aromatic rings. The Morgan fingerprint density at radius 3 is 2.92 bits per heavy atom. The van der Waals surface area contributed by atoms with Gasteiger partial charge in [-0.3, -0.25) is 0 Å². The van der Waals surface area contributed by atoms with Gasteiger partial charge in [-0.05, 0) is 25.2 Å². The fourth-order valence-corrected chi connectivity index (χ4v) is 2.44. The lowest BCUT2D eigenvalue weighted by Crippen LogP contribution is -1.96. The quantitative estimate of drug-likeness (QED) is 0.692. The molecule has 0 spiro atoms. The van der Waals surface area contributed by atoms with Crippen molar-refractivity contribution in [3.05, 3.63) is 23.2 Å². The second-order valence-corrected chi connectivity index (χ2v) is 4.39. The summed E-state index contributed by atoms with van der Waals surface area (Å²) in [6.45, 7) is 0. The van der Waals surface area contributed by atoms with E-state index in [0.717, 1.165) is 17.5 Å². The van der Waals surface area contributed by atoms with E-state index in [4.69, 9.17) is 4.74 Å². The number of nitrogens with zero attached hydrogens (tertiary/aromatic N) is 1. The van der Waals surface area contributed by atoms with Gasteiger partial charge in [0.25, 0.3) is 5.19 Å². The van der Waals surface area contributed by atoms with Crippen molar-refractivity contribution < 1.29 is 4.74 Å². The molecule has 0 bridgehead atoms. The van der Waals surface area contributed by atoms with Gasteiger partial charge in [-0.2, -0.15) is 0 Å². The average Bonchev–Trinajstić information content (AvgIpc) is 2.76. The Balaban J connectivity index is 1.93. The van der Waals surface area contributed by atoms with Crippen molar-refractivity contribution in [3.8, 4) is 5.19 Å². The summed E-state index contributed by atoms with van der Waals surface area (Å²) in [5.74, 6) is 0.796. The Kier molecular flexibility index (Phi) is 2.64. The van der Waals surface area contributed by atoms with E-state index in [1.54, 1.807) is 18.4 Å². The summed E-state index contributed by atoms with van der Waals surface area (Å²) in [7, 11) is 1.67. The standard InChI is InChI=1S/C10H13NOS/c1-12-10-11-7-9(13-10)6-8-4-2-3-5-8/h2-3,7-8H,4-6H2,1H3. The van der Waals surface area contributed by atoms with Crippen LogP contribution in [0.4, 0.5) is 0 Å². The van der Waals surface area contributed by atoms with Crippen LogP contribution in [-0.2, 0) is 6.42 Å². The van der Waals surface area contributed by atoms with E-state index in [0.29, 0.717) is 0 Å². The second-order valence-electron chi connectivity index (χ2n) is 3.31. The average molecular weight is 195 g/mol. The minimum absolute atomic E-state index is 0.779. The predicted octanol–water partition coefficient (Wildman–Crippen LogP) is 2.66. The number of hydrogen-bond acceptors (Lipinski definition) is 3. The molecule has 0 N–H and O–H groups in total. The Bertz CT molecular complexity index is 298. The highest BCUT2D eigenvalue weighted by Gasteiger charge is 2.12. The minimum Gasteiger partial charge on any atom is -0.473 e. The number of allylic oxidation sites excluding steroid dienone is 2. The summed E-state index contributed by atoms with van der Waals surface area (Å²) in [6.07, 6.45) is 10.1. The van der Waals surface area contributed by atoms with E-state index >= 15 is 0 Å². The lowest BCUT2D eigenvalue weighted by atomic mass is 10.0. The van der Waals surface area contributed by atoms with Crippen LogP contribution >= 0.6 is 11.3 Å². The van der Waals surface area contributed by atoms with E-state index in [1.165, 1.54) is 17.7 Å². The molecule has 2 rings (SSSR count). The maximum absolute atomic E-state index is 5.05. The molecule has 0 unspecified atom stereocenters. The summed E-state index contributed by atoms with van der Waals surface area (Å²) in [5, 5.41) is 0.779. The first kappa shape index (κ1) is 8.75. The number of rotatable bonds is 3. The molecule has 0 radical (unpaired) electrons. The number of thiazole rings is 1. The minimum atomic E-state index is 0.779. The first-order chi connectivity index (χ1) is 6.38. The molecule has 2 nitrogen and oxygen atoms in total. The zero-order valence-corrected chi connectivity index (χ0v) is 8.51. The molecule has 0 aliphatic heterocycles. The number of hydrogen-bond donors (Lipinski definition) is 0. The van der Waals surface area contributed by atoms with Crippen LogP contribution in [-0.4, -0.2) is 12.1 Å². The van der Waals surface area contributed by atoms with Crippen molar-refractivity contribution in [2.75, 3.05) is 7.11 Å². The van der Waals surface area contributed by atoms with Crippen LogP contribution in [0.5, 0.6) is 5.19 Å². The van der Waals surface area contributed by atoms with Crippen LogP contribution in [0.1, 0.15) is 17.7 Å². The molecule has 13 heavy (non-hydrogen) atoms. The molecule has 1 aliphatic carbocycles. The molecule has 0 fully saturated rings.